The van der Waals surface area contributed by atoms with Gasteiger partial charge in [0.1, 0.15) is 12.1 Å². The van der Waals surface area contributed by atoms with Gasteiger partial charge in [0, 0.05) is 41.3 Å². The molecule has 3 heterocycles. The SMILES string of the molecule is Cc1nc(F)ccc1[C@H](Nc1cc(C#N)c2ncc(C#N)c(NCC(C)(C)C)c2c1)C1=CN(C2(C(F)(F)F)CC2)NN1. The van der Waals surface area contributed by atoms with Gasteiger partial charge < -0.3 is 16.1 Å². The Labute approximate surface area is 240 Å². The zero-order valence-corrected chi connectivity index (χ0v) is 23.4. The summed E-state index contributed by atoms with van der Waals surface area (Å²) in [6.45, 7) is 8.25. The van der Waals surface area contributed by atoms with Crippen molar-refractivity contribution in [2.24, 2.45) is 5.41 Å². The summed E-state index contributed by atoms with van der Waals surface area (Å²) in [5.41, 5.74) is 6.34. The molecule has 0 saturated heterocycles. The molecule has 1 saturated carbocycles. The topological polar surface area (TPSA) is 125 Å². The highest BCUT2D eigenvalue weighted by Gasteiger charge is 2.67. The maximum absolute atomic E-state index is 13.9. The van der Waals surface area contributed by atoms with Gasteiger partial charge in [-0.25, -0.2) is 4.98 Å². The number of pyridine rings is 2. The largest absolute Gasteiger partial charge is 0.413 e. The average molecular weight is 580 g/mol. The molecule has 0 radical (unpaired) electrons. The number of nitriles is 2. The summed E-state index contributed by atoms with van der Waals surface area (Å²) in [5.74, 6) is -0.695. The van der Waals surface area contributed by atoms with E-state index in [0.717, 1.165) is 5.01 Å². The molecule has 4 N–H and O–H groups in total. The molecule has 2 aliphatic rings. The highest BCUT2D eigenvalue weighted by atomic mass is 19.4. The van der Waals surface area contributed by atoms with E-state index in [2.05, 4.69) is 43.7 Å². The maximum atomic E-state index is 13.9. The number of hydrogen-bond donors (Lipinski definition) is 4. The van der Waals surface area contributed by atoms with Crippen molar-refractivity contribution >= 4 is 22.3 Å². The molecule has 42 heavy (non-hydrogen) atoms. The van der Waals surface area contributed by atoms with Crippen molar-refractivity contribution in [1.29, 1.82) is 10.5 Å². The van der Waals surface area contributed by atoms with E-state index >= 15 is 0 Å². The molecule has 2 aromatic heterocycles. The first-order valence-corrected chi connectivity index (χ1v) is 13.3. The van der Waals surface area contributed by atoms with Gasteiger partial charge in [-0.2, -0.15) is 28.1 Å². The van der Waals surface area contributed by atoms with Crippen LogP contribution < -0.4 is 21.6 Å². The van der Waals surface area contributed by atoms with Gasteiger partial charge in [0.05, 0.1) is 34.1 Å². The fourth-order valence-corrected chi connectivity index (χ4v) is 4.92. The van der Waals surface area contributed by atoms with Gasteiger partial charge in [-0.15, -0.1) is 5.53 Å². The third-order valence-electron chi connectivity index (χ3n) is 7.33. The Bertz CT molecular complexity index is 1660. The smallest absolute Gasteiger partial charge is 0.383 e. The first-order chi connectivity index (χ1) is 19.8. The van der Waals surface area contributed by atoms with Crippen molar-refractivity contribution in [1.82, 2.24) is 25.9 Å². The number of aromatic nitrogens is 2. The quantitative estimate of drug-likeness (QED) is 0.206. The molecule has 3 aromatic rings. The average Bonchev–Trinajstić information content (AvgIpc) is 3.61. The molecule has 1 atom stereocenters. The van der Waals surface area contributed by atoms with Crippen LogP contribution in [-0.4, -0.2) is 33.2 Å². The lowest BCUT2D eigenvalue weighted by Gasteiger charge is -2.28. The van der Waals surface area contributed by atoms with Crippen molar-refractivity contribution in [2.75, 3.05) is 17.2 Å². The van der Waals surface area contributed by atoms with Crippen molar-refractivity contribution < 1.29 is 17.6 Å². The lowest BCUT2D eigenvalue weighted by atomic mass is 9.96. The second kappa shape index (κ2) is 10.3. The van der Waals surface area contributed by atoms with Crippen LogP contribution in [0.3, 0.4) is 0 Å². The second-order valence-electron chi connectivity index (χ2n) is 11.7. The molecule has 13 heteroatoms. The third-order valence-corrected chi connectivity index (χ3v) is 7.33. The van der Waals surface area contributed by atoms with Crippen molar-refractivity contribution in [2.45, 2.75) is 58.3 Å². The van der Waals surface area contributed by atoms with Gasteiger partial charge >= 0.3 is 6.18 Å². The molecule has 1 aliphatic heterocycles. The minimum atomic E-state index is -4.45. The molecule has 5 rings (SSSR count). The minimum Gasteiger partial charge on any atom is -0.383 e. The van der Waals surface area contributed by atoms with Gasteiger partial charge in [0.15, 0.2) is 5.54 Å². The van der Waals surface area contributed by atoms with Crippen LogP contribution in [0.5, 0.6) is 0 Å². The van der Waals surface area contributed by atoms with Gasteiger partial charge in [-0.1, -0.05) is 26.8 Å². The van der Waals surface area contributed by atoms with E-state index in [1.165, 1.54) is 24.5 Å². The number of nitrogens with zero attached hydrogens (tertiary/aromatic N) is 5. The van der Waals surface area contributed by atoms with E-state index in [0.29, 0.717) is 51.3 Å². The van der Waals surface area contributed by atoms with Crippen LogP contribution >= 0.6 is 0 Å². The van der Waals surface area contributed by atoms with Crippen molar-refractivity contribution in [3.63, 3.8) is 0 Å². The Morgan fingerprint density at radius 2 is 1.83 bits per heavy atom. The lowest BCUT2D eigenvalue weighted by Crippen LogP contribution is -2.52. The number of aryl methyl sites for hydroxylation is 1. The van der Waals surface area contributed by atoms with Crippen LogP contribution in [0.25, 0.3) is 10.9 Å². The predicted molar refractivity (Wildman–Crippen MR) is 149 cm³/mol. The van der Waals surface area contributed by atoms with Crippen LogP contribution in [0, 0.1) is 40.9 Å². The Kier molecular flexibility index (Phi) is 7.11. The molecule has 0 spiro atoms. The van der Waals surface area contributed by atoms with Crippen molar-refractivity contribution in [3.05, 3.63) is 70.7 Å². The monoisotopic (exact) mass is 579 g/mol. The van der Waals surface area contributed by atoms with Crippen LogP contribution in [0.2, 0.25) is 0 Å². The lowest BCUT2D eigenvalue weighted by molar-refractivity contribution is -0.195. The molecular weight excluding hydrogens is 550 g/mol. The molecule has 9 nitrogen and oxygen atoms in total. The molecule has 1 fully saturated rings. The van der Waals surface area contributed by atoms with E-state index in [1.54, 1.807) is 19.1 Å². The molecule has 218 valence electrons. The molecule has 0 amide bonds. The fraction of sp³-hybridized carbons (Fsp3) is 0.379. The number of hydrogen-bond acceptors (Lipinski definition) is 9. The summed E-state index contributed by atoms with van der Waals surface area (Å²) < 4.78 is 55.5. The van der Waals surface area contributed by atoms with Crippen LogP contribution in [0.1, 0.15) is 62.0 Å². The molecule has 0 bridgehead atoms. The predicted octanol–water partition coefficient (Wildman–Crippen LogP) is 5.69. The van der Waals surface area contributed by atoms with Gasteiger partial charge in [0.25, 0.3) is 0 Å². The molecular formula is C29H29F4N9. The number of halogens is 4. The number of nitrogens with one attached hydrogen (secondary N) is 4. The Hall–Kier alpha value is -4.62. The Morgan fingerprint density at radius 1 is 1.12 bits per heavy atom. The number of anilines is 2. The standard InChI is InChI=1S/C29H29F4N9/c1-16-20(5-6-23(30)38-16)26(22-14-42(41-40-22)28(7-8-28)29(31,32)33)39-19-9-17(11-34)24-21(10-19)25(18(12-35)13-36-24)37-15-27(2,3)4/h5-6,9-10,13-14,26,39-41H,7-8,15H2,1-4H3,(H,36,37)/t26-/m0/s1. The van der Waals surface area contributed by atoms with Crippen LogP contribution in [0.4, 0.5) is 28.9 Å². The Balaban J connectivity index is 1.61. The summed E-state index contributed by atoms with van der Waals surface area (Å²) in [6, 6.07) is 9.47. The van der Waals surface area contributed by atoms with E-state index in [4.69, 9.17) is 0 Å². The number of hydrazine groups is 2. The second-order valence-corrected chi connectivity index (χ2v) is 11.7. The molecule has 1 aliphatic carbocycles. The zero-order valence-electron chi connectivity index (χ0n) is 23.4. The van der Waals surface area contributed by atoms with Crippen LogP contribution in [-0.2, 0) is 0 Å². The summed E-state index contributed by atoms with van der Waals surface area (Å²) in [7, 11) is 0. The zero-order chi connectivity index (χ0) is 30.4. The van der Waals surface area contributed by atoms with E-state index < -0.39 is 23.7 Å². The summed E-state index contributed by atoms with van der Waals surface area (Å²) in [6.07, 6.45) is -1.80. The first-order valence-electron chi connectivity index (χ1n) is 13.3. The third kappa shape index (κ3) is 5.35. The fourth-order valence-electron chi connectivity index (χ4n) is 4.92. The van der Waals surface area contributed by atoms with Gasteiger partial charge in [-0.3, -0.25) is 9.99 Å². The summed E-state index contributed by atoms with van der Waals surface area (Å²) in [5, 5.41) is 27.9. The number of benzene rings is 1. The number of fused-ring (bicyclic) bond motifs is 1. The van der Waals surface area contributed by atoms with Gasteiger partial charge in [0.2, 0.25) is 5.95 Å². The van der Waals surface area contributed by atoms with Crippen molar-refractivity contribution in [3.8, 4) is 12.1 Å². The summed E-state index contributed by atoms with van der Waals surface area (Å²) in [4.78, 5) is 8.27. The van der Waals surface area contributed by atoms with E-state index in [1.807, 2.05) is 20.8 Å². The van der Waals surface area contributed by atoms with E-state index in [9.17, 15) is 28.1 Å². The van der Waals surface area contributed by atoms with Gasteiger partial charge in [-0.05, 0) is 43.4 Å². The normalized spacial score (nSPS) is 16.7. The first kappa shape index (κ1) is 28.9. The highest BCUT2D eigenvalue weighted by molar-refractivity contribution is 5.99. The maximum Gasteiger partial charge on any atom is 0.413 e. The number of rotatable bonds is 7. The molecule has 0 unspecified atom stereocenters. The summed E-state index contributed by atoms with van der Waals surface area (Å²) >= 11 is 0. The Morgan fingerprint density at radius 3 is 2.43 bits per heavy atom. The highest BCUT2D eigenvalue weighted by Crippen LogP contribution is 2.53. The van der Waals surface area contributed by atoms with Crippen LogP contribution in [0.15, 0.2) is 42.4 Å². The minimum absolute atomic E-state index is 0.0566. The molecule has 1 aromatic carbocycles. The van der Waals surface area contributed by atoms with E-state index in [-0.39, 0.29) is 23.8 Å². The number of alkyl halides is 3.